The largest absolute Gasteiger partial charge is 0.375 e. The zero-order chi connectivity index (χ0) is 9.86. The van der Waals surface area contributed by atoms with E-state index in [-0.39, 0.29) is 0 Å². The molecule has 1 N–H and O–H groups in total. The highest BCUT2D eigenvalue weighted by Gasteiger charge is 2.42. The minimum absolute atomic E-state index is 0.342. The number of hydrogen-bond acceptors (Lipinski definition) is 2. The molecule has 2 aliphatic rings. The highest BCUT2D eigenvalue weighted by atomic mass is 16.5. The number of nitrogens with one attached hydrogen (secondary N) is 1. The third-order valence-electron chi connectivity index (χ3n) is 3.84. The second-order valence-corrected chi connectivity index (χ2v) is 4.89. The van der Waals surface area contributed by atoms with Crippen molar-refractivity contribution in [1.29, 1.82) is 0 Å². The topological polar surface area (TPSA) is 21.3 Å². The van der Waals surface area contributed by atoms with Crippen molar-refractivity contribution in [1.82, 2.24) is 5.32 Å². The Labute approximate surface area is 87.4 Å². The number of hydrogen-bond donors (Lipinski definition) is 1. The Balaban J connectivity index is 1.71. The van der Waals surface area contributed by atoms with Gasteiger partial charge in [0.05, 0.1) is 5.60 Å². The summed E-state index contributed by atoms with van der Waals surface area (Å²) in [4.78, 5) is 0. The summed E-state index contributed by atoms with van der Waals surface area (Å²) in [5.41, 5.74) is 0.342. The molecule has 1 atom stereocenters. The third-order valence-corrected chi connectivity index (χ3v) is 3.84. The fraction of sp³-hybridized carbons (Fsp3) is 1.00. The van der Waals surface area contributed by atoms with E-state index in [1.165, 1.54) is 45.1 Å². The molecule has 0 aromatic carbocycles. The van der Waals surface area contributed by atoms with Crippen LogP contribution in [0.5, 0.6) is 0 Å². The lowest BCUT2D eigenvalue weighted by atomic mass is 9.71. The summed E-state index contributed by atoms with van der Waals surface area (Å²) in [7, 11) is 0. The molecule has 0 aromatic heterocycles. The zero-order valence-corrected chi connectivity index (χ0v) is 9.35. The lowest BCUT2D eigenvalue weighted by molar-refractivity contribution is -0.143. The first-order chi connectivity index (χ1) is 6.85. The smallest absolute Gasteiger partial charge is 0.0685 e. The second kappa shape index (κ2) is 4.63. The lowest BCUT2D eigenvalue weighted by Crippen LogP contribution is -2.45. The Morgan fingerprint density at radius 1 is 1.43 bits per heavy atom. The molecule has 1 saturated heterocycles. The maximum atomic E-state index is 5.92. The van der Waals surface area contributed by atoms with E-state index in [0.717, 1.165) is 19.1 Å². The molecule has 1 unspecified atom stereocenters. The van der Waals surface area contributed by atoms with Gasteiger partial charge < -0.3 is 10.1 Å². The van der Waals surface area contributed by atoms with E-state index in [0.29, 0.717) is 5.60 Å². The van der Waals surface area contributed by atoms with Crippen LogP contribution in [-0.4, -0.2) is 25.3 Å². The summed E-state index contributed by atoms with van der Waals surface area (Å²) < 4.78 is 5.92. The van der Waals surface area contributed by atoms with Gasteiger partial charge in [0.25, 0.3) is 0 Å². The van der Waals surface area contributed by atoms with E-state index in [9.17, 15) is 0 Å². The predicted octanol–water partition coefficient (Wildman–Crippen LogP) is 2.34. The first-order valence-corrected chi connectivity index (χ1v) is 6.19. The Kier molecular flexibility index (Phi) is 3.45. The van der Waals surface area contributed by atoms with Gasteiger partial charge in [-0.15, -0.1) is 0 Å². The van der Waals surface area contributed by atoms with Crippen LogP contribution in [0.2, 0.25) is 0 Å². The van der Waals surface area contributed by atoms with Crippen LogP contribution in [0.25, 0.3) is 0 Å². The van der Waals surface area contributed by atoms with Crippen LogP contribution in [0.1, 0.15) is 45.4 Å². The van der Waals surface area contributed by atoms with Crippen LogP contribution < -0.4 is 5.32 Å². The molecule has 2 rings (SSSR count). The van der Waals surface area contributed by atoms with E-state index in [1.54, 1.807) is 0 Å². The summed E-state index contributed by atoms with van der Waals surface area (Å²) in [6.45, 7) is 5.49. The van der Waals surface area contributed by atoms with Gasteiger partial charge in [-0.2, -0.15) is 0 Å². The molecule has 14 heavy (non-hydrogen) atoms. The highest BCUT2D eigenvalue weighted by Crippen LogP contribution is 2.44. The Hall–Kier alpha value is -0.0800. The highest BCUT2D eigenvalue weighted by molar-refractivity contribution is 4.93. The monoisotopic (exact) mass is 197 g/mol. The van der Waals surface area contributed by atoms with Gasteiger partial charge in [0.2, 0.25) is 0 Å². The lowest BCUT2D eigenvalue weighted by Gasteiger charge is -2.47. The molecule has 1 spiro atoms. The average molecular weight is 197 g/mol. The van der Waals surface area contributed by atoms with Crippen molar-refractivity contribution in [2.24, 2.45) is 5.92 Å². The maximum Gasteiger partial charge on any atom is 0.0685 e. The molecular weight excluding hydrogens is 174 g/mol. The summed E-state index contributed by atoms with van der Waals surface area (Å²) in [5, 5.41) is 3.42. The molecule has 1 aliphatic heterocycles. The van der Waals surface area contributed by atoms with Gasteiger partial charge in [0.15, 0.2) is 0 Å². The van der Waals surface area contributed by atoms with Gasteiger partial charge >= 0.3 is 0 Å². The molecule has 1 saturated carbocycles. The van der Waals surface area contributed by atoms with Gasteiger partial charge in [-0.05, 0) is 57.5 Å². The average Bonchev–Trinajstić information content (AvgIpc) is 2.17. The molecule has 0 amide bonds. The van der Waals surface area contributed by atoms with Crippen LogP contribution in [-0.2, 0) is 4.74 Å². The van der Waals surface area contributed by atoms with Crippen LogP contribution in [0.3, 0.4) is 0 Å². The van der Waals surface area contributed by atoms with E-state index >= 15 is 0 Å². The van der Waals surface area contributed by atoms with Crippen molar-refractivity contribution in [3.63, 3.8) is 0 Å². The van der Waals surface area contributed by atoms with Crippen molar-refractivity contribution < 1.29 is 4.74 Å². The third kappa shape index (κ3) is 2.29. The summed E-state index contributed by atoms with van der Waals surface area (Å²) in [5.74, 6) is 0.920. The predicted molar refractivity (Wildman–Crippen MR) is 58.4 cm³/mol. The molecular formula is C12H23NO. The van der Waals surface area contributed by atoms with Crippen molar-refractivity contribution in [3.05, 3.63) is 0 Å². The van der Waals surface area contributed by atoms with Gasteiger partial charge in [-0.25, -0.2) is 0 Å². The minimum Gasteiger partial charge on any atom is -0.375 e. The van der Waals surface area contributed by atoms with E-state index in [1.807, 2.05) is 0 Å². The maximum absolute atomic E-state index is 5.92. The van der Waals surface area contributed by atoms with Gasteiger partial charge in [0, 0.05) is 6.61 Å². The number of rotatable bonds is 4. The van der Waals surface area contributed by atoms with Gasteiger partial charge in [-0.3, -0.25) is 0 Å². The summed E-state index contributed by atoms with van der Waals surface area (Å²) >= 11 is 0. The molecule has 2 nitrogen and oxygen atoms in total. The quantitative estimate of drug-likeness (QED) is 0.698. The van der Waals surface area contributed by atoms with Crippen LogP contribution in [0, 0.1) is 5.92 Å². The molecule has 0 aromatic rings. The Bertz CT molecular complexity index is 177. The molecule has 0 radical (unpaired) electrons. The van der Waals surface area contributed by atoms with Gasteiger partial charge in [0.1, 0.15) is 0 Å². The fourth-order valence-corrected chi connectivity index (χ4v) is 2.78. The van der Waals surface area contributed by atoms with Crippen molar-refractivity contribution >= 4 is 0 Å². The summed E-state index contributed by atoms with van der Waals surface area (Å²) in [6, 6.07) is 0. The Morgan fingerprint density at radius 2 is 2.29 bits per heavy atom. The zero-order valence-electron chi connectivity index (χ0n) is 9.35. The minimum atomic E-state index is 0.342. The van der Waals surface area contributed by atoms with Crippen molar-refractivity contribution in [2.75, 3.05) is 19.7 Å². The van der Waals surface area contributed by atoms with E-state index < -0.39 is 0 Å². The molecule has 2 fully saturated rings. The van der Waals surface area contributed by atoms with Crippen molar-refractivity contribution in [2.45, 2.75) is 51.0 Å². The van der Waals surface area contributed by atoms with Gasteiger partial charge in [-0.1, -0.05) is 6.92 Å². The van der Waals surface area contributed by atoms with Crippen LogP contribution >= 0.6 is 0 Å². The van der Waals surface area contributed by atoms with Crippen molar-refractivity contribution in [3.8, 4) is 0 Å². The van der Waals surface area contributed by atoms with Crippen LogP contribution in [0.4, 0.5) is 0 Å². The first kappa shape index (κ1) is 10.4. The molecule has 82 valence electrons. The fourth-order valence-electron chi connectivity index (χ4n) is 2.78. The Morgan fingerprint density at radius 3 is 2.93 bits per heavy atom. The second-order valence-electron chi connectivity index (χ2n) is 4.89. The van der Waals surface area contributed by atoms with Crippen LogP contribution in [0.15, 0.2) is 0 Å². The normalized spacial score (nSPS) is 30.2. The van der Waals surface area contributed by atoms with E-state index in [2.05, 4.69) is 12.2 Å². The molecule has 0 bridgehead atoms. The SMILES string of the molecule is CCNCCC1CCOC2(CCC2)C1. The molecule has 2 heteroatoms. The number of ether oxygens (including phenoxy) is 1. The molecule has 1 heterocycles. The summed E-state index contributed by atoms with van der Waals surface area (Å²) in [6.07, 6.45) is 8.00. The standard InChI is InChI=1S/C12H23NO/c1-2-13-8-4-11-5-9-14-12(10-11)6-3-7-12/h11,13H,2-10H2,1H3. The first-order valence-electron chi connectivity index (χ1n) is 6.19. The van der Waals surface area contributed by atoms with E-state index in [4.69, 9.17) is 4.74 Å². The molecule has 1 aliphatic carbocycles.